The molecule has 0 atom stereocenters. The molecule has 0 spiro atoms. The predicted octanol–water partition coefficient (Wildman–Crippen LogP) is 2.39. The summed E-state index contributed by atoms with van der Waals surface area (Å²) in [5, 5.41) is 0. The van der Waals surface area contributed by atoms with E-state index in [2.05, 4.69) is 0 Å². The van der Waals surface area contributed by atoms with Gasteiger partial charge in [0.1, 0.15) is 12.9 Å². The van der Waals surface area contributed by atoms with Gasteiger partial charge in [0.05, 0.1) is 0 Å². The van der Waals surface area contributed by atoms with E-state index in [0.29, 0.717) is 6.29 Å². The van der Waals surface area contributed by atoms with Crippen molar-refractivity contribution in [2.75, 3.05) is 6.61 Å². The van der Waals surface area contributed by atoms with Crippen molar-refractivity contribution >= 4 is 17.8 Å². The van der Waals surface area contributed by atoms with E-state index in [1.165, 1.54) is 18.2 Å². The Balaban J connectivity index is 2.54. The highest BCUT2D eigenvalue weighted by atomic mass is 16.5. The number of carbonyl (C=O) groups is 2. The first-order chi connectivity index (χ1) is 8.24. The Hall–Kier alpha value is -2.16. The van der Waals surface area contributed by atoms with Crippen LogP contribution in [0, 0.1) is 0 Å². The predicted molar refractivity (Wildman–Crippen MR) is 66.3 cm³/mol. The molecular weight excluding hydrogens is 216 g/mol. The molecule has 0 bridgehead atoms. The number of rotatable bonds is 5. The number of hydrogen-bond acceptors (Lipinski definition) is 3. The molecule has 0 saturated carbocycles. The summed E-state index contributed by atoms with van der Waals surface area (Å²) >= 11 is 0. The third-order valence-corrected chi connectivity index (χ3v) is 2.10. The van der Waals surface area contributed by atoms with E-state index < -0.39 is 5.97 Å². The van der Waals surface area contributed by atoms with Crippen LogP contribution in [0.2, 0.25) is 0 Å². The van der Waals surface area contributed by atoms with Gasteiger partial charge in [-0.2, -0.15) is 0 Å². The standard InChI is InChI=1S/C14H14O3/c1-12(13-7-3-2-4-8-13)11-14(16)17-10-6-5-9-15/h2-9,11H,10H2,1H3/b6-5+,12-11+. The van der Waals surface area contributed by atoms with E-state index in [0.717, 1.165) is 11.1 Å². The van der Waals surface area contributed by atoms with Gasteiger partial charge in [0.2, 0.25) is 0 Å². The minimum Gasteiger partial charge on any atom is -0.458 e. The zero-order valence-electron chi connectivity index (χ0n) is 9.63. The molecule has 3 nitrogen and oxygen atoms in total. The molecule has 3 heteroatoms. The topological polar surface area (TPSA) is 43.4 Å². The van der Waals surface area contributed by atoms with Gasteiger partial charge >= 0.3 is 5.97 Å². The van der Waals surface area contributed by atoms with Gasteiger partial charge in [-0.25, -0.2) is 4.79 Å². The van der Waals surface area contributed by atoms with Crippen LogP contribution in [-0.4, -0.2) is 18.9 Å². The highest BCUT2D eigenvalue weighted by molar-refractivity contribution is 5.90. The summed E-state index contributed by atoms with van der Waals surface area (Å²) in [4.78, 5) is 21.3. The smallest absolute Gasteiger partial charge is 0.331 e. The molecule has 88 valence electrons. The van der Waals surface area contributed by atoms with Crippen LogP contribution in [0.5, 0.6) is 0 Å². The van der Waals surface area contributed by atoms with Crippen LogP contribution in [0.15, 0.2) is 48.6 Å². The molecule has 0 N–H and O–H groups in total. The average Bonchev–Trinajstić information content (AvgIpc) is 2.36. The molecule has 0 aromatic heterocycles. The van der Waals surface area contributed by atoms with E-state index in [9.17, 15) is 9.59 Å². The van der Waals surface area contributed by atoms with Crippen molar-refractivity contribution in [1.82, 2.24) is 0 Å². The lowest BCUT2D eigenvalue weighted by Crippen LogP contribution is -2.01. The summed E-state index contributed by atoms with van der Waals surface area (Å²) < 4.78 is 4.88. The Morgan fingerprint density at radius 3 is 2.65 bits per heavy atom. The molecule has 1 aromatic rings. The first kappa shape index (κ1) is 12.9. The second kappa shape index (κ2) is 7.17. The van der Waals surface area contributed by atoms with E-state index in [-0.39, 0.29) is 6.61 Å². The maximum absolute atomic E-state index is 11.4. The van der Waals surface area contributed by atoms with Crippen LogP contribution < -0.4 is 0 Å². The summed E-state index contributed by atoms with van der Waals surface area (Å²) in [5.74, 6) is -0.415. The van der Waals surface area contributed by atoms with Gasteiger partial charge < -0.3 is 4.74 Å². The van der Waals surface area contributed by atoms with Gasteiger partial charge in [0.25, 0.3) is 0 Å². The normalized spacial score (nSPS) is 11.5. The summed E-state index contributed by atoms with van der Waals surface area (Å²) in [6, 6.07) is 9.58. The Bertz CT molecular complexity index is 430. The SMILES string of the molecule is C/C(=C\C(=O)OC/C=C/C=O)c1ccccc1. The molecule has 1 rings (SSSR count). The van der Waals surface area contributed by atoms with E-state index in [4.69, 9.17) is 4.74 Å². The third kappa shape index (κ3) is 4.93. The van der Waals surface area contributed by atoms with Crippen LogP contribution in [-0.2, 0) is 14.3 Å². The van der Waals surface area contributed by atoms with Gasteiger partial charge in [0.15, 0.2) is 0 Å². The highest BCUT2D eigenvalue weighted by Crippen LogP contribution is 2.12. The molecular formula is C14H14O3. The quantitative estimate of drug-likeness (QED) is 0.443. The number of hydrogen-bond donors (Lipinski definition) is 0. The van der Waals surface area contributed by atoms with Crippen LogP contribution in [0.25, 0.3) is 5.57 Å². The van der Waals surface area contributed by atoms with Crippen molar-refractivity contribution < 1.29 is 14.3 Å². The zero-order chi connectivity index (χ0) is 12.5. The Kier molecular flexibility index (Phi) is 5.44. The Morgan fingerprint density at radius 1 is 1.29 bits per heavy atom. The molecule has 0 amide bonds. The van der Waals surface area contributed by atoms with Crippen LogP contribution in [0.4, 0.5) is 0 Å². The molecule has 0 unspecified atom stereocenters. The first-order valence-corrected chi connectivity index (χ1v) is 5.25. The van der Waals surface area contributed by atoms with Gasteiger partial charge in [-0.15, -0.1) is 0 Å². The fourth-order valence-electron chi connectivity index (χ4n) is 1.24. The summed E-state index contributed by atoms with van der Waals surface area (Å²) in [6.45, 7) is 1.95. The van der Waals surface area contributed by atoms with Crippen LogP contribution in [0.1, 0.15) is 12.5 Å². The number of ether oxygens (including phenoxy) is 1. The number of carbonyl (C=O) groups excluding carboxylic acids is 2. The summed E-state index contributed by atoms with van der Waals surface area (Å²) in [7, 11) is 0. The van der Waals surface area contributed by atoms with Gasteiger partial charge in [-0.1, -0.05) is 30.3 Å². The second-order valence-electron chi connectivity index (χ2n) is 3.39. The fourth-order valence-corrected chi connectivity index (χ4v) is 1.24. The van der Waals surface area contributed by atoms with Gasteiger partial charge in [0, 0.05) is 6.08 Å². The number of allylic oxidation sites excluding steroid dienone is 2. The number of benzene rings is 1. The van der Waals surface area contributed by atoms with Gasteiger partial charge in [-0.05, 0) is 30.2 Å². The number of aldehydes is 1. The highest BCUT2D eigenvalue weighted by Gasteiger charge is 1.99. The van der Waals surface area contributed by atoms with Gasteiger partial charge in [-0.3, -0.25) is 4.79 Å². The minimum atomic E-state index is -0.415. The molecule has 0 aliphatic heterocycles. The average molecular weight is 230 g/mol. The zero-order valence-corrected chi connectivity index (χ0v) is 9.63. The van der Waals surface area contributed by atoms with E-state index >= 15 is 0 Å². The van der Waals surface area contributed by atoms with Crippen LogP contribution >= 0.6 is 0 Å². The largest absolute Gasteiger partial charge is 0.458 e. The lowest BCUT2D eigenvalue weighted by atomic mass is 10.1. The molecule has 0 aliphatic carbocycles. The van der Waals surface area contributed by atoms with Crippen molar-refractivity contribution in [3.05, 3.63) is 54.1 Å². The number of esters is 1. The Morgan fingerprint density at radius 2 is 2.00 bits per heavy atom. The summed E-state index contributed by atoms with van der Waals surface area (Å²) in [6.07, 6.45) is 4.85. The maximum Gasteiger partial charge on any atom is 0.331 e. The monoisotopic (exact) mass is 230 g/mol. The van der Waals surface area contributed by atoms with E-state index in [1.807, 2.05) is 37.3 Å². The fraction of sp³-hybridized carbons (Fsp3) is 0.143. The molecule has 17 heavy (non-hydrogen) atoms. The van der Waals surface area contributed by atoms with E-state index in [1.54, 1.807) is 0 Å². The van der Waals surface area contributed by atoms with Crippen molar-refractivity contribution in [2.45, 2.75) is 6.92 Å². The molecule has 0 heterocycles. The van der Waals surface area contributed by atoms with Crippen molar-refractivity contribution in [1.29, 1.82) is 0 Å². The minimum absolute atomic E-state index is 0.107. The molecule has 1 aromatic carbocycles. The lowest BCUT2D eigenvalue weighted by Gasteiger charge is -2.01. The molecule has 0 fully saturated rings. The summed E-state index contributed by atoms with van der Waals surface area (Å²) in [5.41, 5.74) is 1.82. The molecule has 0 radical (unpaired) electrons. The van der Waals surface area contributed by atoms with Crippen LogP contribution in [0.3, 0.4) is 0 Å². The third-order valence-electron chi connectivity index (χ3n) is 2.10. The molecule has 0 saturated heterocycles. The van der Waals surface area contributed by atoms with Crippen molar-refractivity contribution in [3.8, 4) is 0 Å². The molecule has 0 aliphatic rings. The lowest BCUT2D eigenvalue weighted by molar-refractivity contribution is -0.136. The maximum atomic E-state index is 11.4. The van der Waals surface area contributed by atoms with Crippen molar-refractivity contribution in [2.24, 2.45) is 0 Å². The van der Waals surface area contributed by atoms with Crippen molar-refractivity contribution in [3.63, 3.8) is 0 Å². The first-order valence-electron chi connectivity index (χ1n) is 5.25. The second-order valence-corrected chi connectivity index (χ2v) is 3.39. The Labute approximate surface area is 100 Å².